The van der Waals surface area contributed by atoms with Gasteiger partial charge >= 0.3 is 11.7 Å². The highest BCUT2D eigenvalue weighted by atomic mass is 16.4. The predicted molar refractivity (Wildman–Crippen MR) is 113 cm³/mol. The van der Waals surface area contributed by atoms with Gasteiger partial charge in [0.1, 0.15) is 5.82 Å². The van der Waals surface area contributed by atoms with E-state index in [0.29, 0.717) is 25.1 Å². The molecule has 0 amide bonds. The molecule has 0 unspecified atom stereocenters. The Morgan fingerprint density at radius 2 is 1.86 bits per heavy atom. The minimum Gasteiger partial charge on any atom is -0.478 e. The van der Waals surface area contributed by atoms with Crippen LogP contribution < -0.4 is 5.69 Å². The van der Waals surface area contributed by atoms with Crippen molar-refractivity contribution in [2.45, 2.75) is 39.8 Å². The van der Waals surface area contributed by atoms with Crippen molar-refractivity contribution in [1.29, 1.82) is 0 Å². The molecule has 6 nitrogen and oxygen atoms in total. The summed E-state index contributed by atoms with van der Waals surface area (Å²) in [6, 6.07) is 14.6. The van der Waals surface area contributed by atoms with E-state index in [0.717, 1.165) is 23.4 Å². The first-order valence-corrected chi connectivity index (χ1v) is 9.74. The van der Waals surface area contributed by atoms with Crippen LogP contribution >= 0.6 is 0 Å². The molecular formula is C23H25N3O3. The third-order valence-electron chi connectivity index (χ3n) is 4.73. The molecule has 29 heavy (non-hydrogen) atoms. The molecule has 0 fully saturated rings. The normalized spacial score (nSPS) is 11.2. The van der Waals surface area contributed by atoms with Crippen molar-refractivity contribution in [3.8, 4) is 11.1 Å². The Morgan fingerprint density at radius 1 is 1.14 bits per heavy atom. The Morgan fingerprint density at radius 3 is 2.52 bits per heavy atom. The smallest absolute Gasteiger partial charge is 0.346 e. The number of aromatic nitrogens is 3. The number of carbonyl (C=O) groups is 1. The minimum absolute atomic E-state index is 0.105. The van der Waals surface area contributed by atoms with Gasteiger partial charge in [-0.3, -0.25) is 4.57 Å². The Hall–Kier alpha value is -3.41. The van der Waals surface area contributed by atoms with E-state index >= 15 is 0 Å². The number of hydrogen-bond donors (Lipinski definition) is 1. The van der Waals surface area contributed by atoms with Gasteiger partial charge in [-0.2, -0.15) is 5.10 Å². The van der Waals surface area contributed by atoms with Crippen LogP contribution in [0.15, 0.2) is 65.5 Å². The van der Waals surface area contributed by atoms with Crippen molar-refractivity contribution in [2.24, 2.45) is 0 Å². The van der Waals surface area contributed by atoms with Gasteiger partial charge in [-0.25, -0.2) is 14.3 Å². The van der Waals surface area contributed by atoms with Gasteiger partial charge in [-0.15, -0.1) is 0 Å². The lowest BCUT2D eigenvalue weighted by atomic mass is 9.99. The summed E-state index contributed by atoms with van der Waals surface area (Å²) in [6.45, 7) is 4.99. The van der Waals surface area contributed by atoms with E-state index in [1.54, 1.807) is 22.8 Å². The molecule has 1 N–H and O–H groups in total. The molecule has 0 aliphatic carbocycles. The monoisotopic (exact) mass is 391 g/mol. The van der Waals surface area contributed by atoms with Crippen LogP contribution in [-0.4, -0.2) is 25.4 Å². The topological polar surface area (TPSA) is 77.1 Å². The van der Waals surface area contributed by atoms with Crippen LogP contribution in [-0.2, 0) is 19.5 Å². The summed E-state index contributed by atoms with van der Waals surface area (Å²) in [5.74, 6) is -0.213. The molecular weight excluding hydrogens is 366 g/mol. The number of nitrogens with zero attached hydrogens (tertiary/aromatic N) is 3. The van der Waals surface area contributed by atoms with E-state index in [4.69, 9.17) is 0 Å². The van der Waals surface area contributed by atoms with Crippen molar-refractivity contribution in [2.75, 3.05) is 0 Å². The molecule has 1 heterocycles. The van der Waals surface area contributed by atoms with E-state index in [2.05, 4.69) is 5.10 Å². The maximum absolute atomic E-state index is 12.7. The first-order valence-electron chi connectivity index (χ1n) is 9.74. The van der Waals surface area contributed by atoms with E-state index < -0.39 is 5.97 Å². The average Bonchev–Trinajstić information content (AvgIpc) is 3.02. The summed E-state index contributed by atoms with van der Waals surface area (Å²) >= 11 is 0. The molecule has 0 saturated carbocycles. The van der Waals surface area contributed by atoms with Crippen molar-refractivity contribution in [3.63, 3.8) is 0 Å². The summed E-state index contributed by atoms with van der Waals surface area (Å²) < 4.78 is 3.23. The van der Waals surface area contributed by atoms with Gasteiger partial charge < -0.3 is 5.11 Å². The molecule has 0 spiro atoms. The summed E-state index contributed by atoms with van der Waals surface area (Å²) in [7, 11) is 0. The Kier molecular flexibility index (Phi) is 6.44. The highest BCUT2D eigenvalue weighted by Crippen LogP contribution is 2.24. The SMILES string of the molecule is CC=CCc1nn(CCC)c(=O)n1Cc1ccc(-c2ccccc2C(=O)O)cc1. The highest BCUT2D eigenvalue weighted by molar-refractivity contribution is 5.95. The van der Waals surface area contributed by atoms with E-state index in [9.17, 15) is 14.7 Å². The van der Waals surface area contributed by atoms with Crippen molar-refractivity contribution in [3.05, 3.63) is 88.1 Å². The fraction of sp³-hybridized carbons (Fsp3) is 0.261. The van der Waals surface area contributed by atoms with Crippen molar-refractivity contribution >= 4 is 5.97 Å². The van der Waals surface area contributed by atoms with Crippen LogP contribution in [0.1, 0.15) is 42.0 Å². The number of aromatic carboxylic acids is 1. The number of carboxylic acids is 1. The largest absolute Gasteiger partial charge is 0.478 e. The van der Waals surface area contributed by atoms with Gasteiger partial charge in [0.15, 0.2) is 0 Å². The van der Waals surface area contributed by atoms with Crippen molar-refractivity contribution in [1.82, 2.24) is 14.3 Å². The van der Waals surface area contributed by atoms with Crippen LogP contribution in [0.2, 0.25) is 0 Å². The van der Waals surface area contributed by atoms with Gasteiger partial charge in [0.25, 0.3) is 0 Å². The Balaban J connectivity index is 1.91. The van der Waals surface area contributed by atoms with Gasteiger partial charge in [0.2, 0.25) is 0 Å². The molecule has 0 radical (unpaired) electrons. The summed E-state index contributed by atoms with van der Waals surface area (Å²) in [5.41, 5.74) is 2.63. The number of carboxylic acid groups (broad SMARTS) is 1. The van der Waals surface area contributed by atoms with E-state index in [1.807, 2.05) is 56.3 Å². The third kappa shape index (κ3) is 4.54. The number of rotatable bonds is 8. The maximum Gasteiger partial charge on any atom is 0.346 e. The molecule has 0 saturated heterocycles. The van der Waals surface area contributed by atoms with E-state index in [-0.39, 0.29) is 11.3 Å². The molecule has 0 aliphatic heterocycles. The average molecular weight is 391 g/mol. The van der Waals surface area contributed by atoms with Crippen LogP contribution in [0.5, 0.6) is 0 Å². The molecule has 2 aromatic carbocycles. The second-order valence-electron chi connectivity index (χ2n) is 6.83. The quantitative estimate of drug-likeness (QED) is 0.589. The van der Waals surface area contributed by atoms with E-state index in [1.165, 1.54) is 4.68 Å². The molecule has 150 valence electrons. The van der Waals surface area contributed by atoms with Crippen LogP contribution in [0.3, 0.4) is 0 Å². The minimum atomic E-state index is -0.951. The van der Waals surface area contributed by atoms with Crippen LogP contribution in [0, 0.1) is 0 Å². The van der Waals surface area contributed by atoms with Gasteiger partial charge in [0.05, 0.1) is 12.1 Å². The lowest BCUT2D eigenvalue weighted by molar-refractivity contribution is 0.0697. The zero-order valence-electron chi connectivity index (χ0n) is 16.7. The first kappa shape index (κ1) is 20.3. The molecule has 0 atom stereocenters. The maximum atomic E-state index is 12.7. The fourth-order valence-corrected chi connectivity index (χ4v) is 3.27. The second kappa shape index (κ2) is 9.19. The molecule has 1 aromatic heterocycles. The Labute approximate surface area is 169 Å². The lowest BCUT2D eigenvalue weighted by Gasteiger charge is -2.08. The molecule has 3 rings (SSSR count). The van der Waals surface area contributed by atoms with Gasteiger partial charge in [-0.05, 0) is 36.1 Å². The summed E-state index contributed by atoms with van der Waals surface area (Å²) in [5, 5.41) is 13.9. The van der Waals surface area contributed by atoms with Crippen molar-refractivity contribution < 1.29 is 9.90 Å². The lowest BCUT2D eigenvalue weighted by Crippen LogP contribution is -2.25. The number of hydrogen-bond acceptors (Lipinski definition) is 3. The summed E-state index contributed by atoms with van der Waals surface area (Å²) in [6.07, 6.45) is 5.38. The molecule has 3 aromatic rings. The van der Waals surface area contributed by atoms with Crippen LogP contribution in [0.4, 0.5) is 0 Å². The zero-order valence-corrected chi connectivity index (χ0v) is 16.7. The third-order valence-corrected chi connectivity index (χ3v) is 4.73. The van der Waals surface area contributed by atoms with Gasteiger partial charge in [-0.1, -0.05) is 61.5 Å². The summed E-state index contributed by atoms with van der Waals surface area (Å²) in [4.78, 5) is 24.2. The number of aryl methyl sites for hydroxylation is 1. The zero-order chi connectivity index (χ0) is 20.8. The fourth-order valence-electron chi connectivity index (χ4n) is 3.27. The second-order valence-corrected chi connectivity index (χ2v) is 6.83. The molecule has 0 aliphatic rings. The van der Waals surface area contributed by atoms with Gasteiger partial charge in [0, 0.05) is 13.0 Å². The van der Waals surface area contributed by atoms with Crippen LogP contribution in [0.25, 0.3) is 11.1 Å². The molecule has 6 heteroatoms. The predicted octanol–water partition coefficient (Wildman–Crippen LogP) is 3.99. The first-order chi connectivity index (χ1) is 14.0. The molecule has 0 bridgehead atoms. The number of benzene rings is 2. The standard InChI is InChI=1S/C23H25N3O3/c1-3-5-10-21-24-26(15-4-2)23(29)25(21)16-17-11-13-18(14-12-17)19-8-6-7-9-20(19)22(27)28/h3,5-9,11-14H,4,10,15-16H2,1-2H3,(H,27,28). The number of allylic oxidation sites excluding steroid dienone is 2. The highest BCUT2D eigenvalue weighted by Gasteiger charge is 2.14. The Bertz CT molecular complexity index is 1080.